The number of halogens is 2. The molecular formula is C9H12Cl2O3. The van der Waals surface area contributed by atoms with E-state index >= 15 is 0 Å². The molecule has 1 atom stereocenters. The average Bonchev–Trinajstić information content (AvgIpc) is 2.41. The smallest absolute Gasteiger partial charge is 0.353 e. The number of hydrogen-bond acceptors (Lipinski definition) is 3. The molecular weight excluding hydrogens is 227 g/mol. The van der Waals surface area contributed by atoms with Gasteiger partial charge in [-0.25, -0.2) is 4.79 Å². The van der Waals surface area contributed by atoms with Crippen molar-refractivity contribution in [3.8, 4) is 0 Å². The van der Waals surface area contributed by atoms with Crippen LogP contribution >= 0.6 is 23.2 Å². The van der Waals surface area contributed by atoms with Crippen molar-refractivity contribution < 1.29 is 14.3 Å². The molecule has 0 N–H and O–H groups in total. The quantitative estimate of drug-likeness (QED) is 0.546. The lowest BCUT2D eigenvalue weighted by molar-refractivity contribution is -0.158. The fourth-order valence-corrected chi connectivity index (χ4v) is 1.37. The van der Waals surface area contributed by atoms with E-state index in [1.54, 1.807) is 0 Å². The molecule has 1 heterocycles. The lowest BCUT2D eigenvalue weighted by atomic mass is 10.3. The first kappa shape index (κ1) is 11.8. The molecule has 1 aliphatic rings. The third-order valence-corrected chi connectivity index (χ3v) is 2.65. The van der Waals surface area contributed by atoms with Crippen molar-refractivity contribution in [2.24, 2.45) is 0 Å². The number of carbonyl (C=O) groups is 1. The second-order valence-electron chi connectivity index (χ2n) is 2.98. The lowest BCUT2D eigenvalue weighted by Crippen LogP contribution is -2.15. The average molecular weight is 239 g/mol. The highest BCUT2D eigenvalue weighted by Crippen LogP contribution is 2.29. The Kier molecular flexibility index (Phi) is 4.72. The Morgan fingerprint density at radius 2 is 2.14 bits per heavy atom. The molecule has 0 unspecified atom stereocenters. The number of cyclic esters (lactones) is 1. The molecule has 5 heteroatoms. The van der Waals surface area contributed by atoms with Crippen LogP contribution in [-0.4, -0.2) is 18.9 Å². The second kappa shape index (κ2) is 5.59. The zero-order chi connectivity index (χ0) is 10.6. The van der Waals surface area contributed by atoms with Crippen LogP contribution in [0.3, 0.4) is 0 Å². The van der Waals surface area contributed by atoms with Crippen LogP contribution in [0.5, 0.6) is 0 Å². The molecule has 1 rings (SSSR count). The second-order valence-corrected chi connectivity index (χ2v) is 3.76. The van der Waals surface area contributed by atoms with Crippen molar-refractivity contribution in [2.75, 3.05) is 6.61 Å². The van der Waals surface area contributed by atoms with Gasteiger partial charge in [-0.3, -0.25) is 0 Å². The van der Waals surface area contributed by atoms with Crippen LogP contribution in [-0.2, 0) is 14.3 Å². The van der Waals surface area contributed by atoms with Crippen molar-refractivity contribution in [1.29, 1.82) is 0 Å². The maximum atomic E-state index is 10.9. The third-order valence-electron chi connectivity index (χ3n) is 1.83. The maximum absolute atomic E-state index is 10.9. The molecule has 1 aliphatic heterocycles. The Bertz CT molecular complexity index is 250. The Morgan fingerprint density at radius 3 is 2.64 bits per heavy atom. The van der Waals surface area contributed by atoms with Gasteiger partial charge in [0, 0.05) is 0 Å². The van der Waals surface area contributed by atoms with Gasteiger partial charge < -0.3 is 9.47 Å². The van der Waals surface area contributed by atoms with Gasteiger partial charge in [0.1, 0.15) is 10.1 Å². The first-order valence-electron chi connectivity index (χ1n) is 4.54. The molecule has 0 aromatic rings. The van der Waals surface area contributed by atoms with Crippen LogP contribution in [0.1, 0.15) is 26.2 Å². The standard InChI is InChI=1S/C9H12Cl2O3/c1-2-3-4-5-13-9-7(11)6(10)8(12)14-9/h9H,2-5H2,1H3/t9-/m0/s1. The Balaban J connectivity index is 2.30. The first-order chi connectivity index (χ1) is 6.66. The van der Waals surface area contributed by atoms with Gasteiger partial charge in [0.15, 0.2) is 0 Å². The Labute approximate surface area is 93.0 Å². The van der Waals surface area contributed by atoms with E-state index < -0.39 is 12.3 Å². The minimum Gasteiger partial charge on any atom is -0.426 e. The fraction of sp³-hybridized carbons (Fsp3) is 0.667. The monoisotopic (exact) mass is 238 g/mol. The summed E-state index contributed by atoms with van der Waals surface area (Å²) in [5.41, 5.74) is 0. The van der Waals surface area contributed by atoms with E-state index in [2.05, 4.69) is 6.92 Å². The summed E-state index contributed by atoms with van der Waals surface area (Å²) < 4.78 is 10.0. The van der Waals surface area contributed by atoms with Gasteiger partial charge in [-0.2, -0.15) is 0 Å². The van der Waals surface area contributed by atoms with E-state index in [0.29, 0.717) is 6.61 Å². The predicted molar refractivity (Wildman–Crippen MR) is 54.1 cm³/mol. The maximum Gasteiger partial charge on any atom is 0.353 e. The molecule has 0 amide bonds. The van der Waals surface area contributed by atoms with Gasteiger partial charge in [0.2, 0.25) is 6.29 Å². The van der Waals surface area contributed by atoms with Crippen LogP contribution < -0.4 is 0 Å². The summed E-state index contributed by atoms with van der Waals surface area (Å²) in [5, 5.41) is 0.0697. The van der Waals surface area contributed by atoms with E-state index in [0.717, 1.165) is 19.3 Å². The van der Waals surface area contributed by atoms with Crippen molar-refractivity contribution in [3.05, 3.63) is 10.1 Å². The third kappa shape index (κ3) is 2.87. The number of ether oxygens (including phenoxy) is 2. The number of hydrogen-bond donors (Lipinski definition) is 0. The molecule has 0 fully saturated rings. The summed E-state index contributed by atoms with van der Waals surface area (Å²) in [6.07, 6.45) is 2.31. The van der Waals surface area contributed by atoms with E-state index in [-0.39, 0.29) is 10.1 Å². The SMILES string of the molecule is CCCCCO[C@H]1OC(=O)C(Cl)=C1Cl. The topological polar surface area (TPSA) is 35.5 Å². The zero-order valence-electron chi connectivity index (χ0n) is 7.89. The molecule has 0 saturated carbocycles. The highest BCUT2D eigenvalue weighted by atomic mass is 35.5. The largest absolute Gasteiger partial charge is 0.426 e. The van der Waals surface area contributed by atoms with E-state index in [4.69, 9.17) is 32.7 Å². The fourth-order valence-electron chi connectivity index (χ4n) is 1.05. The minimum absolute atomic E-state index is 0.0767. The van der Waals surface area contributed by atoms with Gasteiger partial charge >= 0.3 is 5.97 Å². The van der Waals surface area contributed by atoms with Gasteiger partial charge in [0.05, 0.1) is 6.61 Å². The molecule has 0 aromatic carbocycles. The molecule has 0 radical (unpaired) electrons. The molecule has 3 nitrogen and oxygen atoms in total. The number of esters is 1. The normalized spacial score (nSPS) is 21.6. The number of carbonyl (C=O) groups excluding carboxylic acids is 1. The Morgan fingerprint density at radius 1 is 1.43 bits per heavy atom. The molecule has 80 valence electrons. The van der Waals surface area contributed by atoms with E-state index in [1.165, 1.54) is 0 Å². The van der Waals surface area contributed by atoms with Gasteiger partial charge in [-0.1, -0.05) is 43.0 Å². The van der Waals surface area contributed by atoms with Gasteiger partial charge in [-0.05, 0) is 6.42 Å². The predicted octanol–water partition coefficient (Wildman–Crippen LogP) is 2.77. The van der Waals surface area contributed by atoms with Crippen LogP contribution in [0, 0.1) is 0 Å². The van der Waals surface area contributed by atoms with Crippen LogP contribution in [0.2, 0.25) is 0 Å². The summed E-state index contributed by atoms with van der Waals surface area (Å²) in [7, 11) is 0. The van der Waals surface area contributed by atoms with Crippen LogP contribution in [0.25, 0.3) is 0 Å². The summed E-state index contributed by atoms with van der Waals surface area (Å²) in [6, 6.07) is 0. The first-order valence-corrected chi connectivity index (χ1v) is 5.30. The van der Waals surface area contributed by atoms with Crippen molar-refractivity contribution in [2.45, 2.75) is 32.5 Å². The molecule has 0 spiro atoms. The molecule has 0 saturated heterocycles. The summed E-state index contributed by atoms with van der Waals surface area (Å²) in [6.45, 7) is 2.62. The summed E-state index contributed by atoms with van der Waals surface area (Å²) >= 11 is 11.3. The van der Waals surface area contributed by atoms with Crippen molar-refractivity contribution >= 4 is 29.2 Å². The molecule has 0 bridgehead atoms. The minimum atomic E-state index is -0.798. The molecule has 0 aromatic heterocycles. The van der Waals surface area contributed by atoms with Gasteiger partial charge in [0.25, 0.3) is 0 Å². The van der Waals surface area contributed by atoms with Crippen LogP contribution in [0.4, 0.5) is 0 Å². The summed E-state index contributed by atoms with van der Waals surface area (Å²) in [5.74, 6) is -0.614. The van der Waals surface area contributed by atoms with E-state index in [1.807, 2.05) is 0 Å². The van der Waals surface area contributed by atoms with Crippen molar-refractivity contribution in [3.63, 3.8) is 0 Å². The molecule has 14 heavy (non-hydrogen) atoms. The van der Waals surface area contributed by atoms with Crippen LogP contribution in [0.15, 0.2) is 10.1 Å². The number of rotatable bonds is 5. The highest BCUT2D eigenvalue weighted by Gasteiger charge is 2.32. The number of unbranched alkanes of at least 4 members (excludes halogenated alkanes) is 2. The van der Waals surface area contributed by atoms with Gasteiger partial charge in [-0.15, -0.1) is 0 Å². The van der Waals surface area contributed by atoms with E-state index in [9.17, 15) is 4.79 Å². The molecule has 0 aliphatic carbocycles. The lowest BCUT2D eigenvalue weighted by Gasteiger charge is -2.10. The Hall–Kier alpha value is -0.250. The highest BCUT2D eigenvalue weighted by molar-refractivity contribution is 6.48. The summed E-state index contributed by atoms with van der Waals surface area (Å²) in [4.78, 5) is 10.9. The zero-order valence-corrected chi connectivity index (χ0v) is 9.40. The van der Waals surface area contributed by atoms with Crippen molar-refractivity contribution in [1.82, 2.24) is 0 Å².